The van der Waals surface area contributed by atoms with E-state index in [0.29, 0.717) is 18.8 Å². The molecule has 0 unspecified atom stereocenters. The molecule has 0 aromatic heterocycles. The molecule has 2 heterocycles. The number of carbonyl (C=O) groups is 2. The number of nitrogens with one attached hydrogen (secondary N) is 1. The Balaban J connectivity index is 1.50. The molecule has 152 valence electrons. The SMILES string of the molecule is CN(C)C(=O)C[C@@H]1C[C@H]2c3cc(NC(=O)CC4CC4)ccc3O[C@H]2[C@H](CO)O1. The number of hydrogen-bond donors (Lipinski definition) is 2. The summed E-state index contributed by atoms with van der Waals surface area (Å²) in [6.45, 7) is -0.160. The maximum Gasteiger partial charge on any atom is 0.224 e. The molecule has 2 fully saturated rings. The molecule has 2 amide bonds. The topological polar surface area (TPSA) is 88.1 Å². The second-order valence-electron chi connectivity index (χ2n) is 8.34. The van der Waals surface area contributed by atoms with Crippen molar-refractivity contribution >= 4 is 17.5 Å². The second-order valence-corrected chi connectivity index (χ2v) is 8.34. The number of amides is 2. The standard InChI is InChI=1S/C21H28N2O5/c1-23(2)20(26)10-14-9-16-15-8-13(22-19(25)7-12-3-4-12)5-6-17(15)28-21(16)18(11-24)27-14/h5-6,8,12,14,16,18,21,24H,3-4,7,9-11H2,1-2H3,(H,22,25)/t14-,16-,18-,21+/m0/s1. The van der Waals surface area contributed by atoms with Crippen molar-refractivity contribution in [1.29, 1.82) is 0 Å². The first kappa shape index (κ1) is 19.2. The molecular weight excluding hydrogens is 360 g/mol. The van der Waals surface area contributed by atoms with Crippen molar-refractivity contribution in [1.82, 2.24) is 4.90 Å². The lowest BCUT2D eigenvalue weighted by Gasteiger charge is -2.37. The predicted molar refractivity (Wildman–Crippen MR) is 103 cm³/mol. The van der Waals surface area contributed by atoms with Gasteiger partial charge in [-0.2, -0.15) is 0 Å². The molecule has 7 nitrogen and oxygen atoms in total. The predicted octanol–water partition coefficient (Wildman–Crippen LogP) is 1.90. The lowest BCUT2D eigenvalue weighted by atomic mass is 9.84. The van der Waals surface area contributed by atoms with Crippen molar-refractivity contribution in [2.24, 2.45) is 5.92 Å². The molecule has 1 saturated carbocycles. The third-order valence-electron chi connectivity index (χ3n) is 5.86. The van der Waals surface area contributed by atoms with Crippen LogP contribution in [0, 0.1) is 5.92 Å². The van der Waals surface area contributed by atoms with Gasteiger partial charge < -0.3 is 24.8 Å². The summed E-state index contributed by atoms with van der Waals surface area (Å²) in [5.41, 5.74) is 1.78. The number of rotatable bonds is 6. The van der Waals surface area contributed by atoms with Gasteiger partial charge in [0.15, 0.2) is 0 Å². The van der Waals surface area contributed by atoms with Gasteiger partial charge in [0.2, 0.25) is 11.8 Å². The van der Waals surface area contributed by atoms with Crippen LogP contribution in [0.25, 0.3) is 0 Å². The Morgan fingerprint density at radius 3 is 2.71 bits per heavy atom. The zero-order valence-corrected chi connectivity index (χ0v) is 16.4. The summed E-state index contributed by atoms with van der Waals surface area (Å²) in [4.78, 5) is 25.8. The largest absolute Gasteiger partial charge is 0.487 e. The number of anilines is 1. The van der Waals surface area contributed by atoms with Crippen LogP contribution in [0.1, 0.15) is 43.6 Å². The molecule has 2 aliphatic heterocycles. The van der Waals surface area contributed by atoms with E-state index in [1.165, 1.54) is 0 Å². The molecule has 1 saturated heterocycles. The van der Waals surface area contributed by atoms with Crippen LogP contribution < -0.4 is 10.1 Å². The number of aliphatic hydroxyl groups is 1. The molecule has 0 bridgehead atoms. The Kier molecular flexibility index (Phi) is 5.29. The highest BCUT2D eigenvalue weighted by atomic mass is 16.6. The fourth-order valence-corrected chi connectivity index (χ4v) is 4.14. The Morgan fingerprint density at radius 2 is 2.04 bits per heavy atom. The number of fused-ring (bicyclic) bond motifs is 3. The van der Waals surface area contributed by atoms with Crippen LogP contribution in [0.5, 0.6) is 5.75 Å². The minimum atomic E-state index is -0.473. The zero-order valence-electron chi connectivity index (χ0n) is 16.4. The fourth-order valence-electron chi connectivity index (χ4n) is 4.14. The summed E-state index contributed by atoms with van der Waals surface area (Å²) in [7, 11) is 3.45. The van der Waals surface area contributed by atoms with Crippen LogP contribution in [0.3, 0.4) is 0 Å². The van der Waals surface area contributed by atoms with Crippen LogP contribution in [0.2, 0.25) is 0 Å². The van der Waals surface area contributed by atoms with Gasteiger partial charge in [0.25, 0.3) is 0 Å². The summed E-state index contributed by atoms with van der Waals surface area (Å²) in [5.74, 6) is 1.38. The average Bonchev–Trinajstić information content (AvgIpc) is 3.39. The zero-order chi connectivity index (χ0) is 19.8. The number of nitrogens with zero attached hydrogens (tertiary/aromatic N) is 1. The van der Waals surface area contributed by atoms with E-state index >= 15 is 0 Å². The van der Waals surface area contributed by atoms with E-state index in [2.05, 4.69) is 5.32 Å². The van der Waals surface area contributed by atoms with Crippen LogP contribution >= 0.6 is 0 Å². The van der Waals surface area contributed by atoms with Crippen molar-refractivity contribution in [2.45, 2.75) is 56.3 Å². The fraction of sp³-hybridized carbons (Fsp3) is 0.619. The summed E-state index contributed by atoms with van der Waals surface area (Å²) in [6, 6.07) is 5.69. The summed E-state index contributed by atoms with van der Waals surface area (Å²) >= 11 is 0. The monoisotopic (exact) mass is 388 g/mol. The molecule has 0 radical (unpaired) electrons. The minimum Gasteiger partial charge on any atom is -0.487 e. The molecule has 1 aliphatic carbocycles. The molecule has 0 spiro atoms. The number of carbonyl (C=O) groups excluding carboxylic acids is 2. The second kappa shape index (κ2) is 7.72. The van der Waals surface area contributed by atoms with Crippen molar-refractivity contribution in [2.75, 3.05) is 26.0 Å². The van der Waals surface area contributed by atoms with E-state index in [1.54, 1.807) is 19.0 Å². The smallest absolute Gasteiger partial charge is 0.224 e. The molecular formula is C21H28N2O5. The number of ether oxygens (including phenoxy) is 2. The van der Waals surface area contributed by atoms with Crippen LogP contribution in [-0.2, 0) is 14.3 Å². The van der Waals surface area contributed by atoms with Gasteiger partial charge in [-0.15, -0.1) is 0 Å². The van der Waals surface area contributed by atoms with Gasteiger partial charge in [0.05, 0.1) is 19.1 Å². The maximum absolute atomic E-state index is 12.1. The summed E-state index contributed by atoms with van der Waals surface area (Å²) < 4.78 is 12.0. The molecule has 7 heteroatoms. The van der Waals surface area contributed by atoms with Gasteiger partial charge in [-0.3, -0.25) is 9.59 Å². The Labute approximate surface area is 165 Å². The number of aliphatic hydroxyl groups excluding tert-OH is 1. The number of benzene rings is 1. The first-order valence-corrected chi connectivity index (χ1v) is 10.0. The minimum absolute atomic E-state index is 0.000341. The van der Waals surface area contributed by atoms with Crippen molar-refractivity contribution < 1.29 is 24.2 Å². The highest BCUT2D eigenvalue weighted by Gasteiger charge is 2.46. The van der Waals surface area contributed by atoms with Gasteiger partial charge in [0, 0.05) is 37.7 Å². The maximum atomic E-state index is 12.1. The van der Waals surface area contributed by atoms with Crippen LogP contribution in [0.15, 0.2) is 18.2 Å². The summed E-state index contributed by atoms with van der Waals surface area (Å²) in [5, 5.41) is 12.8. The van der Waals surface area contributed by atoms with Gasteiger partial charge in [-0.05, 0) is 43.4 Å². The van der Waals surface area contributed by atoms with E-state index < -0.39 is 6.10 Å². The van der Waals surface area contributed by atoms with Crippen LogP contribution in [0.4, 0.5) is 5.69 Å². The highest BCUT2D eigenvalue weighted by molar-refractivity contribution is 5.91. The van der Waals surface area contributed by atoms with E-state index in [4.69, 9.17) is 9.47 Å². The van der Waals surface area contributed by atoms with Gasteiger partial charge in [-0.1, -0.05) is 0 Å². The Hall–Kier alpha value is -2.12. The van der Waals surface area contributed by atoms with Crippen molar-refractivity contribution in [3.05, 3.63) is 23.8 Å². The van der Waals surface area contributed by atoms with E-state index in [0.717, 1.165) is 29.8 Å². The molecule has 28 heavy (non-hydrogen) atoms. The van der Waals surface area contributed by atoms with Crippen molar-refractivity contribution in [3.63, 3.8) is 0 Å². The lowest BCUT2D eigenvalue weighted by Crippen LogP contribution is -2.47. The Morgan fingerprint density at radius 1 is 1.25 bits per heavy atom. The molecule has 3 aliphatic rings. The first-order chi connectivity index (χ1) is 13.4. The molecule has 2 N–H and O–H groups in total. The Bertz CT molecular complexity index is 761. The third kappa shape index (κ3) is 4.00. The molecule has 1 aromatic rings. The van der Waals surface area contributed by atoms with E-state index in [9.17, 15) is 14.7 Å². The quantitative estimate of drug-likeness (QED) is 0.777. The van der Waals surface area contributed by atoms with Crippen LogP contribution in [-0.4, -0.2) is 60.8 Å². The lowest BCUT2D eigenvalue weighted by molar-refractivity contribution is -0.147. The average molecular weight is 388 g/mol. The first-order valence-electron chi connectivity index (χ1n) is 10.0. The van der Waals surface area contributed by atoms with E-state index in [1.807, 2.05) is 18.2 Å². The van der Waals surface area contributed by atoms with E-state index in [-0.39, 0.29) is 43.0 Å². The normalized spacial score (nSPS) is 28.1. The van der Waals surface area contributed by atoms with Gasteiger partial charge >= 0.3 is 0 Å². The highest BCUT2D eigenvalue weighted by Crippen LogP contribution is 2.47. The molecule has 4 atom stereocenters. The molecule has 1 aromatic carbocycles. The molecule has 4 rings (SSSR count). The van der Waals surface area contributed by atoms with Crippen molar-refractivity contribution in [3.8, 4) is 5.75 Å². The van der Waals surface area contributed by atoms with Gasteiger partial charge in [0.1, 0.15) is 18.0 Å². The summed E-state index contributed by atoms with van der Waals surface area (Å²) in [6.07, 6.45) is 2.77. The number of hydrogen-bond acceptors (Lipinski definition) is 5. The van der Waals surface area contributed by atoms with Gasteiger partial charge in [-0.25, -0.2) is 0 Å². The third-order valence-corrected chi connectivity index (χ3v) is 5.86.